The zero-order chi connectivity index (χ0) is 41.0. The Morgan fingerprint density at radius 1 is 0.290 bits per heavy atom. The average molecular weight is 810 g/mol. The highest BCUT2D eigenvalue weighted by Gasteiger charge is 2.20. The summed E-state index contributed by atoms with van der Waals surface area (Å²) in [6, 6.07) is 74.6. The molecular formula is C57H35N3OS. The highest BCUT2D eigenvalue weighted by atomic mass is 32.1. The molecule has 290 valence electrons. The van der Waals surface area contributed by atoms with Gasteiger partial charge in [-0.25, -0.2) is 15.0 Å². The predicted molar refractivity (Wildman–Crippen MR) is 258 cm³/mol. The molecule has 3 heterocycles. The molecule has 9 aromatic carbocycles. The molecule has 0 fully saturated rings. The molecule has 5 heteroatoms. The Labute approximate surface area is 362 Å². The van der Waals surface area contributed by atoms with Gasteiger partial charge in [-0.1, -0.05) is 176 Å². The Bertz CT molecular complexity index is 3630. The van der Waals surface area contributed by atoms with Crippen molar-refractivity contribution in [2.24, 2.45) is 0 Å². The maximum Gasteiger partial charge on any atom is 0.164 e. The Hall–Kier alpha value is -7.99. The Kier molecular flexibility index (Phi) is 8.65. The summed E-state index contributed by atoms with van der Waals surface area (Å²) in [5.74, 6) is 1.87. The van der Waals surface area contributed by atoms with E-state index < -0.39 is 0 Å². The van der Waals surface area contributed by atoms with E-state index in [9.17, 15) is 0 Å². The van der Waals surface area contributed by atoms with Crippen molar-refractivity contribution in [3.05, 3.63) is 212 Å². The highest BCUT2D eigenvalue weighted by molar-refractivity contribution is 7.26. The van der Waals surface area contributed by atoms with Gasteiger partial charge in [-0.15, -0.1) is 11.3 Å². The summed E-state index contributed by atoms with van der Waals surface area (Å²) in [5.41, 5.74) is 13.8. The lowest BCUT2D eigenvalue weighted by atomic mass is 9.93. The van der Waals surface area contributed by atoms with E-state index in [0.717, 1.165) is 66.3 Å². The molecule has 12 rings (SSSR count). The van der Waals surface area contributed by atoms with Crippen molar-refractivity contribution >= 4 is 53.4 Å². The van der Waals surface area contributed by atoms with E-state index >= 15 is 0 Å². The normalized spacial score (nSPS) is 11.5. The fourth-order valence-corrected chi connectivity index (χ4v) is 9.91. The van der Waals surface area contributed by atoms with E-state index in [2.05, 4.69) is 170 Å². The summed E-state index contributed by atoms with van der Waals surface area (Å²) in [6.45, 7) is 0. The van der Waals surface area contributed by atoms with Gasteiger partial charge < -0.3 is 4.42 Å². The average Bonchev–Trinajstić information content (AvgIpc) is 3.92. The Morgan fingerprint density at radius 2 is 0.823 bits per heavy atom. The largest absolute Gasteiger partial charge is 0.456 e. The van der Waals surface area contributed by atoms with Crippen LogP contribution >= 0.6 is 11.3 Å². The molecule has 3 aromatic heterocycles. The molecule has 62 heavy (non-hydrogen) atoms. The third-order valence-electron chi connectivity index (χ3n) is 11.8. The number of benzene rings is 9. The van der Waals surface area contributed by atoms with Crippen LogP contribution in [0.3, 0.4) is 0 Å². The molecule has 0 amide bonds. The maximum atomic E-state index is 6.32. The molecule has 0 bridgehead atoms. The lowest BCUT2D eigenvalue weighted by Gasteiger charge is -2.13. The first kappa shape index (κ1) is 35.9. The molecule has 0 unspecified atom stereocenters. The SMILES string of the molecule is c1ccc(-c2nc(-c3ccccc3-c3ccc4c(c3)oc3ccccc34)nc(-c3cccc4sc5ccc(-c6ccc(-c7ccccc7-c7ccccc7)cc6)cc5c34)n2)cc1. The van der Waals surface area contributed by atoms with Gasteiger partial charge in [-0.05, 0) is 80.9 Å². The minimum absolute atomic E-state index is 0.611. The summed E-state index contributed by atoms with van der Waals surface area (Å²) in [6.07, 6.45) is 0. The Morgan fingerprint density at radius 3 is 1.58 bits per heavy atom. The molecule has 0 saturated carbocycles. The maximum absolute atomic E-state index is 6.32. The number of aromatic nitrogens is 3. The molecule has 12 aromatic rings. The second-order valence-corrected chi connectivity index (χ2v) is 16.6. The molecule has 0 spiro atoms. The third-order valence-corrected chi connectivity index (χ3v) is 12.9. The molecule has 0 aliphatic rings. The molecule has 0 aliphatic carbocycles. The minimum atomic E-state index is 0.611. The van der Waals surface area contributed by atoms with Crippen molar-refractivity contribution in [3.63, 3.8) is 0 Å². The Balaban J connectivity index is 0.980. The first-order valence-electron chi connectivity index (χ1n) is 20.8. The van der Waals surface area contributed by atoms with Gasteiger partial charge in [0.25, 0.3) is 0 Å². The third kappa shape index (κ3) is 6.26. The van der Waals surface area contributed by atoms with Crippen LogP contribution in [0.4, 0.5) is 0 Å². The van der Waals surface area contributed by atoms with E-state index in [0.29, 0.717) is 17.5 Å². The number of furan rings is 1. The highest BCUT2D eigenvalue weighted by Crippen LogP contribution is 2.43. The van der Waals surface area contributed by atoms with E-state index in [4.69, 9.17) is 19.4 Å². The summed E-state index contributed by atoms with van der Waals surface area (Å²) >= 11 is 1.80. The lowest BCUT2D eigenvalue weighted by Crippen LogP contribution is -2.01. The molecule has 0 saturated heterocycles. The number of rotatable bonds is 7. The first-order valence-corrected chi connectivity index (χ1v) is 21.6. The van der Waals surface area contributed by atoms with Crippen molar-refractivity contribution in [3.8, 4) is 78.7 Å². The number of hydrogen-bond donors (Lipinski definition) is 0. The van der Waals surface area contributed by atoms with Crippen LogP contribution in [-0.4, -0.2) is 15.0 Å². The van der Waals surface area contributed by atoms with Crippen LogP contribution in [0.15, 0.2) is 217 Å². The van der Waals surface area contributed by atoms with Crippen molar-refractivity contribution < 1.29 is 4.42 Å². The molecular weight excluding hydrogens is 775 g/mol. The van der Waals surface area contributed by atoms with E-state index in [1.54, 1.807) is 11.3 Å². The summed E-state index contributed by atoms with van der Waals surface area (Å²) in [5, 5.41) is 4.52. The van der Waals surface area contributed by atoms with Crippen LogP contribution in [0.5, 0.6) is 0 Å². The van der Waals surface area contributed by atoms with Crippen molar-refractivity contribution in [1.82, 2.24) is 15.0 Å². The summed E-state index contributed by atoms with van der Waals surface area (Å²) in [7, 11) is 0. The second-order valence-electron chi connectivity index (χ2n) is 15.5. The lowest BCUT2D eigenvalue weighted by molar-refractivity contribution is 0.669. The van der Waals surface area contributed by atoms with Crippen molar-refractivity contribution in [1.29, 1.82) is 0 Å². The fraction of sp³-hybridized carbons (Fsp3) is 0. The molecule has 0 aliphatic heterocycles. The van der Waals surface area contributed by atoms with E-state index in [1.165, 1.54) is 37.0 Å². The van der Waals surface area contributed by atoms with Gasteiger partial charge in [0, 0.05) is 47.6 Å². The van der Waals surface area contributed by atoms with Gasteiger partial charge in [0.2, 0.25) is 0 Å². The standard InChI is InChI=1S/C57H35N3OS/c1-3-14-37(15-4-1)42-18-7-8-19-43(42)38-28-26-36(27-29-38)40-31-33-52-49(34-40)54-48(23-13-25-53(54)62-52)57-59-55(39-16-5-2-6-17-39)58-56(60-57)47-22-10-9-20-44(47)41-30-32-46-45-21-11-12-24-50(45)61-51(46)35-41/h1-35H. The van der Waals surface area contributed by atoms with E-state index in [1.807, 2.05) is 42.5 Å². The van der Waals surface area contributed by atoms with Gasteiger partial charge in [0.1, 0.15) is 11.2 Å². The number of thiophene rings is 1. The zero-order valence-electron chi connectivity index (χ0n) is 33.4. The van der Waals surface area contributed by atoms with Gasteiger partial charge in [-0.2, -0.15) is 0 Å². The first-order chi connectivity index (χ1) is 30.7. The summed E-state index contributed by atoms with van der Waals surface area (Å²) in [4.78, 5) is 15.7. The fourth-order valence-electron chi connectivity index (χ4n) is 8.80. The van der Waals surface area contributed by atoms with Crippen molar-refractivity contribution in [2.75, 3.05) is 0 Å². The van der Waals surface area contributed by atoms with Crippen LogP contribution in [0.2, 0.25) is 0 Å². The van der Waals surface area contributed by atoms with Crippen LogP contribution < -0.4 is 0 Å². The van der Waals surface area contributed by atoms with Crippen LogP contribution in [-0.2, 0) is 0 Å². The van der Waals surface area contributed by atoms with Gasteiger partial charge in [-0.3, -0.25) is 0 Å². The molecule has 0 atom stereocenters. The van der Waals surface area contributed by atoms with E-state index in [-0.39, 0.29) is 0 Å². The second kappa shape index (κ2) is 14.9. The molecule has 0 N–H and O–H groups in total. The number of hydrogen-bond acceptors (Lipinski definition) is 5. The van der Waals surface area contributed by atoms with Gasteiger partial charge in [0.05, 0.1) is 0 Å². The number of para-hydroxylation sites is 1. The van der Waals surface area contributed by atoms with Crippen LogP contribution in [0.25, 0.3) is 121 Å². The quantitative estimate of drug-likeness (QED) is 0.161. The van der Waals surface area contributed by atoms with Crippen molar-refractivity contribution in [2.45, 2.75) is 0 Å². The monoisotopic (exact) mass is 809 g/mol. The minimum Gasteiger partial charge on any atom is -0.456 e. The molecule has 0 radical (unpaired) electrons. The smallest absolute Gasteiger partial charge is 0.164 e. The molecule has 4 nitrogen and oxygen atoms in total. The summed E-state index contributed by atoms with van der Waals surface area (Å²) < 4.78 is 8.72. The van der Waals surface area contributed by atoms with Gasteiger partial charge >= 0.3 is 0 Å². The zero-order valence-corrected chi connectivity index (χ0v) is 34.2. The topological polar surface area (TPSA) is 51.8 Å². The van der Waals surface area contributed by atoms with Gasteiger partial charge in [0.15, 0.2) is 17.5 Å². The number of fused-ring (bicyclic) bond motifs is 6. The predicted octanol–water partition coefficient (Wildman–Crippen LogP) is 15.8. The van der Waals surface area contributed by atoms with Crippen LogP contribution in [0.1, 0.15) is 0 Å². The number of nitrogens with zero attached hydrogens (tertiary/aromatic N) is 3. The van der Waals surface area contributed by atoms with Crippen LogP contribution in [0, 0.1) is 0 Å².